The molecular weight excluding hydrogens is 350 g/mol. The Kier molecular flexibility index (Phi) is 6.86. The van der Waals surface area contributed by atoms with Gasteiger partial charge in [-0.15, -0.1) is 0 Å². The molecule has 2 rings (SSSR count). The minimum Gasteiger partial charge on any atom is -0.444 e. The SMILES string of the molecule is CC(C)[C@H]1C[C@@H](O)[C@@H](S(=O)c2ccccc2)[C@H](NC(=O)OC(C)(C)C)C1. The van der Waals surface area contributed by atoms with Gasteiger partial charge in [0.1, 0.15) is 5.60 Å². The van der Waals surface area contributed by atoms with Gasteiger partial charge in [-0.05, 0) is 57.6 Å². The molecule has 1 aliphatic carbocycles. The van der Waals surface area contributed by atoms with Crippen molar-refractivity contribution in [2.45, 2.75) is 75.4 Å². The zero-order valence-electron chi connectivity index (χ0n) is 16.3. The molecule has 1 fully saturated rings. The molecule has 6 heteroatoms. The molecule has 1 aromatic carbocycles. The summed E-state index contributed by atoms with van der Waals surface area (Å²) in [5, 5.41) is 13.1. The molecule has 26 heavy (non-hydrogen) atoms. The highest BCUT2D eigenvalue weighted by Gasteiger charge is 2.43. The van der Waals surface area contributed by atoms with E-state index in [9.17, 15) is 14.1 Å². The maximum absolute atomic E-state index is 13.1. The van der Waals surface area contributed by atoms with Crippen molar-refractivity contribution in [1.82, 2.24) is 5.32 Å². The smallest absolute Gasteiger partial charge is 0.407 e. The zero-order valence-corrected chi connectivity index (χ0v) is 17.1. The number of alkyl carbamates (subject to hydrolysis) is 1. The van der Waals surface area contributed by atoms with Crippen molar-refractivity contribution in [1.29, 1.82) is 0 Å². The lowest BCUT2D eigenvalue weighted by atomic mass is 9.77. The number of amides is 1. The van der Waals surface area contributed by atoms with Crippen molar-refractivity contribution >= 4 is 16.9 Å². The van der Waals surface area contributed by atoms with Crippen LogP contribution in [0.3, 0.4) is 0 Å². The number of ether oxygens (including phenoxy) is 1. The highest BCUT2D eigenvalue weighted by Crippen LogP contribution is 2.34. The number of aliphatic hydroxyl groups excluding tert-OH is 1. The number of rotatable bonds is 4. The third kappa shape index (κ3) is 5.55. The monoisotopic (exact) mass is 381 g/mol. The normalized spacial score (nSPS) is 27.8. The van der Waals surface area contributed by atoms with Crippen LogP contribution in [0.1, 0.15) is 47.5 Å². The molecule has 2 N–H and O–H groups in total. The van der Waals surface area contributed by atoms with Crippen LogP contribution >= 0.6 is 0 Å². The van der Waals surface area contributed by atoms with Crippen LogP contribution in [-0.4, -0.2) is 38.4 Å². The maximum atomic E-state index is 13.1. The Balaban J connectivity index is 2.24. The van der Waals surface area contributed by atoms with Gasteiger partial charge in [-0.3, -0.25) is 4.21 Å². The van der Waals surface area contributed by atoms with E-state index >= 15 is 0 Å². The van der Waals surface area contributed by atoms with Crippen LogP contribution < -0.4 is 5.32 Å². The molecule has 0 aromatic heterocycles. The molecule has 0 aliphatic heterocycles. The first kappa shape index (κ1) is 20.9. The van der Waals surface area contributed by atoms with Gasteiger partial charge >= 0.3 is 6.09 Å². The lowest BCUT2D eigenvalue weighted by Crippen LogP contribution is -2.56. The Hall–Kier alpha value is -1.40. The third-order valence-electron chi connectivity index (χ3n) is 4.74. The van der Waals surface area contributed by atoms with Crippen LogP contribution in [0.5, 0.6) is 0 Å². The second-order valence-electron chi connectivity index (χ2n) is 8.37. The molecule has 0 bridgehead atoms. The summed E-state index contributed by atoms with van der Waals surface area (Å²) in [5.74, 6) is 0.632. The fourth-order valence-corrected chi connectivity index (χ4v) is 5.03. The lowest BCUT2D eigenvalue weighted by Gasteiger charge is -2.41. The average molecular weight is 382 g/mol. The van der Waals surface area contributed by atoms with E-state index < -0.39 is 39.9 Å². The highest BCUT2D eigenvalue weighted by atomic mass is 32.2. The minimum absolute atomic E-state index is 0.258. The Morgan fingerprint density at radius 1 is 1.23 bits per heavy atom. The third-order valence-corrected chi connectivity index (χ3v) is 6.62. The van der Waals surface area contributed by atoms with Gasteiger partial charge in [0.2, 0.25) is 0 Å². The first-order valence-corrected chi connectivity index (χ1v) is 10.4. The summed E-state index contributed by atoms with van der Waals surface area (Å²) in [6.07, 6.45) is -0.00348. The minimum atomic E-state index is -1.42. The van der Waals surface area contributed by atoms with E-state index in [4.69, 9.17) is 4.74 Å². The van der Waals surface area contributed by atoms with Gasteiger partial charge < -0.3 is 15.2 Å². The molecule has 1 aromatic rings. The Bertz CT molecular complexity index is 626. The summed E-state index contributed by atoms with van der Waals surface area (Å²) in [7, 11) is -1.42. The van der Waals surface area contributed by atoms with Gasteiger partial charge in [0, 0.05) is 10.9 Å². The number of benzene rings is 1. The number of hydrogen-bond acceptors (Lipinski definition) is 4. The van der Waals surface area contributed by atoms with Crippen molar-refractivity contribution in [3.8, 4) is 0 Å². The highest BCUT2D eigenvalue weighted by molar-refractivity contribution is 7.85. The molecule has 0 radical (unpaired) electrons. The fraction of sp³-hybridized carbons (Fsp3) is 0.650. The lowest BCUT2D eigenvalue weighted by molar-refractivity contribution is 0.0384. The van der Waals surface area contributed by atoms with Gasteiger partial charge in [0.05, 0.1) is 22.2 Å². The first-order valence-electron chi connectivity index (χ1n) is 9.21. The summed E-state index contributed by atoms with van der Waals surface area (Å²) in [5.41, 5.74) is -0.608. The molecule has 1 aliphatic rings. The number of hydrogen-bond donors (Lipinski definition) is 2. The molecular formula is C20H31NO4S. The Morgan fingerprint density at radius 2 is 1.85 bits per heavy atom. The van der Waals surface area contributed by atoms with Gasteiger partial charge in [-0.25, -0.2) is 4.79 Å². The van der Waals surface area contributed by atoms with E-state index in [0.29, 0.717) is 23.7 Å². The Labute approximate surface area is 159 Å². The van der Waals surface area contributed by atoms with Crippen molar-refractivity contribution < 1.29 is 18.8 Å². The largest absolute Gasteiger partial charge is 0.444 e. The molecule has 0 saturated heterocycles. The summed E-state index contributed by atoms with van der Waals surface area (Å²) in [6.45, 7) is 9.63. The molecule has 5 atom stereocenters. The second-order valence-corrected chi connectivity index (χ2v) is 9.98. The molecule has 0 spiro atoms. The quantitative estimate of drug-likeness (QED) is 0.837. The average Bonchev–Trinajstić information content (AvgIpc) is 2.52. The number of carbonyl (C=O) groups excluding carboxylic acids is 1. The van der Waals surface area contributed by atoms with Crippen LogP contribution in [-0.2, 0) is 15.5 Å². The van der Waals surface area contributed by atoms with Crippen molar-refractivity contribution in [2.24, 2.45) is 11.8 Å². The molecule has 0 heterocycles. The summed E-state index contributed by atoms with van der Waals surface area (Å²) in [4.78, 5) is 13.0. The molecule has 1 amide bonds. The predicted molar refractivity (Wildman–Crippen MR) is 103 cm³/mol. The van der Waals surface area contributed by atoms with Crippen molar-refractivity contribution in [2.75, 3.05) is 0 Å². The first-order chi connectivity index (χ1) is 12.1. The van der Waals surface area contributed by atoms with E-state index in [1.165, 1.54) is 0 Å². The second kappa shape index (κ2) is 8.53. The Morgan fingerprint density at radius 3 is 2.38 bits per heavy atom. The molecule has 5 nitrogen and oxygen atoms in total. The van der Waals surface area contributed by atoms with Gasteiger partial charge in [-0.2, -0.15) is 0 Å². The van der Waals surface area contributed by atoms with Crippen molar-refractivity contribution in [3.05, 3.63) is 30.3 Å². The van der Waals surface area contributed by atoms with Crippen LogP contribution in [0.25, 0.3) is 0 Å². The van der Waals surface area contributed by atoms with Crippen LogP contribution in [0.2, 0.25) is 0 Å². The van der Waals surface area contributed by atoms with Gasteiger partial charge in [0.15, 0.2) is 0 Å². The summed E-state index contributed by atoms with van der Waals surface area (Å²) >= 11 is 0. The topological polar surface area (TPSA) is 75.6 Å². The molecule has 1 saturated carbocycles. The summed E-state index contributed by atoms with van der Waals surface area (Å²) < 4.78 is 18.5. The molecule has 146 valence electrons. The zero-order chi connectivity index (χ0) is 19.5. The number of aliphatic hydroxyl groups is 1. The van der Waals surface area contributed by atoms with Crippen molar-refractivity contribution in [3.63, 3.8) is 0 Å². The summed E-state index contributed by atoms with van der Waals surface area (Å²) in [6, 6.07) is 8.71. The fourth-order valence-electron chi connectivity index (χ4n) is 3.42. The number of nitrogens with one attached hydrogen (secondary N) is 1. The van der Waals surface area contributed by atoms with E-state index in [2.05, 4.69) is 19.2 Å². The molecule has 1 unspecified atom stereocenters. The van der Waals surface area contributed by atoms with Crippen LogP contribution in [0.4, 0.5) is 4.79 Å². The van der Waals surface area contributed by atoms with Crippen LogP contribution in [0, 0.1) is 11.8 Å². The van der Waals surface area contributed by atoms with E-state index in [1.807, 2.05) is 18.2 Å². The van der Waals surface area contributed by atoms with Gasteiger partial charge in [0.25, 0.3) is 0 Å². The van der Waals surface area contributed by atoms with Crippen LogP contribution in [0.15, 0.2) is 35.2 Å². The predicted octanol–water partition coefficient (Wildman–Crippen LogP) is 3.48. The maximum Gasteiger partial charge on any atom is 0.407 e. The van der Waals surface area contributed by atoms with E-state index in [-0.39, 0.29) is 5.92 Å². The van der Waals surface area contributed by atoms with Gasteiger partial charge in [-0.1, -0.05) is 32.0 Å². The standard InChI is InChI=1S/C20H31NO4S/c1-13(2)14-11-16(21-19(23)25-20(3,4)5)18(17(22)12-14)26(24)15-9-7-6-8-10-15/h6-10,13-14,16-18,22H,11-12H2,1-5H3,(H,21,23)/t14-,16-,17-,18+,26?/m1/s1. The van der Waals surface area contributed by atoms with E-state index in [1.54, 1.807) is 32.9 Å². The van der Waals surface area contributed by atoms with E-state index in [0.717, 1.165) is 0 Å². The number of carbonyl (C=O) groups is 1.